The molecule has 1 aromatic heterocycles. The fraction of sp³-hybridized carbons (Fsp3) is 0.286. The first kappa shape index (κ1) is 11.4. The number of hydrogen-bond acceptors (Lipinski definition) is 3. The second kappa shape index (κ2) is 4.06. The van der Waals surface area contributed by atoms with Gasteiger partial charge in [-0.25, -0.2) is 4.98 Å². The highest BCUT2D eigenvalue weighted by molar-refractivity contribution is 5.88. The van der Waals surface area contributed by atoms with Crippen LogP contribution in [-0.2, 0) is 0 Å². The summed E-state index contributed by atoms with van der Waals surface area (Å²) in [4.78, 5) is 6.48. The average molecular weight is 225 g/mol. The summed E-state index contributed by atoms with van der Waals surface area (Å²) >= 11 is 0. The summed E-state index contributed by atoms with van der Waals surface area (Å²) in [6, 6.07) is 8.27. The van der Waals surface area contributed by atoms with Crippen LogP contribution in [0, 0.1) is 25.2 Å². The molecule has 3 heteroatoms. The van der Waals surface area contributed by atoms with Crippen LogP contribution < -0.4 is 4.90 Å². The van der Waals surface area contributed by atoms with Crippen molar-refractivity contribution in [1.29, 1.82) is 5.26 Å². The molecule has 1 aromatic carbocycles. The van der Waals surface area contributed by atoms with E-state index in [4.69, 9.17) is 0 Å². The van der Waals surface area contributed by atoms with Crippen LogP contribution in [0.1, 0.15) is 16.7 Å². The van der Waals surface area contributed by atoms with Gasteiger partial charge in [0, 0.05) is 19.5 Å². The summed E-state index contributed by atoms with van der Waals surface area (Å²) in [5, 5.41) is 10.2. The lowest BCUT2D eigenvalue weighted by Gasteiger charge is -2.15. The SMILES string of the molecule is Cc1ccc(C)c2nc(N(C)C)c(C#N)cc12. The van der Waals surface area contributed by atoms with Crippen molar-refractivity contribution in [1.82, 2.24) is 4.98 Å². The van der Waals surface area contributed by atoms with E-state index in [-0.39, 0.29) is 0 Å². The van der Waals surface area contributed by atoms with Gasteiger partial charge in [-0.3, -0.25) is 0 Å². The topological polar surface area (TPSA) is 39.9 Å². The number of fused-ring (bicyclic) bond motifs is 1. The van der Waals surface area contributed by atoms with E-state index in [0.717, 1.165) is 27.8 Å². The van der Waals surface area contributed by atoms with Gasteiger partial charge in [0.1, 0.15) is 11.9 Å². The van der Waals surface area contributed by atoms with Crippen LogP contribution in [0.5, 0.6) is 0 Å². The molecule has 0 N–H and O–H groups in total. The molecule has 0 amide bonds. The molecule has 0 fully saturated rings. The van der Waals surface area contributed by atoms with Crippen LogP contribution in [-0.4, -0.2) is 19.1 Å². The summed E-state index contributed by atoms with van der Waals surface area (Å²) in [6.07, 6.45) is 0. The summed E-state index contributed by atoms with van der Waals surface area (Å²) in [5.74, 6) is 0.730. The zero-order valence-electron chi connectivity index (χ0n) is 10.6. The maximum absolute atomic E-state index is 9.17. The van der Waals surface area contributed by atoms with Crippen molar-refractivity contribution in [3.63, 3.8) is 0 Å². The normalized spacial score (nSPS) is 10.3. The van der Waals surface area contributed by atoms with Gasteiger partial charge in [-0.05, 0) is 31.0 Å². The lowest BCUT2D eigenvalue weighted by molar-refractivity contribution is 1.07. The fourth-order valence-electron chi connectivity index (χ4n) is 1.95. The third kappa shape index (κ3) is 1.83. The van der Waals surface area contributed by atoms with Gasteiger partial charge in [-0.15, -0.1) is 0 Å². The molecule has 1 heterocycles. The molecular weight excluding hydrogens is 210 g/mol. The summed E-state index contributed by atoms with van der Waals surface area (Å²) in [5.41, 5.74) is 3.89. The Morgan fingerprint density at radius 3 is 2.41 bits per heavy atom. The van der Waals surface area contributed by atoms with Crippen molar-refractivity contribution < 1.29 is 0 Å². The van der Waals surface area contributed by atoms with Gasteiger partial charge in [0.25, 0.3) is 0 Å². The Morgan fingerprint density at radius 2 is 1.82 bits per heavy atom. The van der Waals surface area contributed by atoms with Gasteiger partial charge >= 0.3 is 0 Å². The molecule has 86 valence electrons. The van der Waals surface area contributed by atoms with E-state index in [9.17, 15) is 5.26 Å². The van der Waals surface area contributed by atoms with Gasteiger partial charge in [0.05, 0.1) is 11.1 Å². The molecule has 2 rings (SSSR count). The van der Waals surface area contributed by atoms with Crippen LogP contribution in [0.2, 0.25) is 0 Å². The lowest BCUT2D eigenvalue weighted by Crippen LogP contribution is -2.12. The Labute approximate surface area is 101 Å². The van der Waals surface area contributed by atoms with Gasteiger partial charge in [0.15, 0.2) is 0 Å². The largest absolute Gasteiger partial charge is 0.362 e. The third-order valence-corrected chi connectivity index (χ3v) is 2.93. The summed E-state index contributed by atoms with van der Waals surface area (Å²) in [7, 11) is 3.81. The van der Waals surface area contributed by atoms with Crippen LogP contribution in [0.15, 0.2) is 18.2 Å². The number of nitriles is 1. The van der Waals surface area contributed by atoms with Crippen molar-refractivity contribution in [3.8, 4) is 6.07 Å². The predicted octanol–water partition coefficient (Wildman–Crippen LogP) is 2.79. The zero-order chi connectivity index (χ0) is 12.6. The minimum Gasteiger partial charge on any atom is -0.362 e. The molecule has 2 aromatic rings. The predicted molar refractivity (Wildman–Crippen MR) is 70.3 cm³/mol. The van der Waals surface area contributed by atoms with Crippen molar-refractivity contribution in [2.24, 2.45) is 0 Å². The van der Waals surface area contributed by atoms with E-state index in [1.54, 1.807) is 0 Å². The number of aryl methyl sites for hydroxylation is 2. The molecular formula is C14H15N3. The first-order chi connectivity index (χ1) is 8.04. The van der Waals surface area contributed by atoms with Crippen LogP contribution in [0.4, 0.5) is 5.82 Å². The maximum Gasteiger partial charge on any atom is 0.146 e. The van der Waals surface area contributed by atoms with Gasteiger partial charge in [0.2, 0.25) is 0 Å². The second-order valence-corrected chi connectivity index (χ2v) is 4.46. The fourth-order valence-corrected chi connectivity index (χ4v) is 1.95. The van der Waals surface area contributed by atoms with Crippen LogP contribution in [0.3, 0.4) is 0 Å². The van der Waals surface area contributed by atoms with E-state index in [1.807, 2.05) is 38.9 Å². The minimum atomic E-state index is 0.621. The highest BCUT2D eigenvalue weighted by Gasteiger charge is 2.10. The van der Waals surface area contributed by atoms with Gasteiger partial charge in [-0.2, -0.15) is 5.26 Å². The lowest BCUT2D eigenvalue weighted by atomic mass is 10.0. The van der Waals surface area contributed by atoms with Crippen LogP contribution in [0.25, 0.3) is 10.9 Å². The number of hydrogen-bond donors (Lipinski definition) is 0. The van der Waals surface area contributed by atoms with E-state index >= 15 is 0 Å². The molecule has 0 saturated heterocycles. The van der Waals surface area contributed by atoms with Crippen molar-refractivity contribution in [3.05, 3.63) is 34.9 Å². The Morgan fingerprint density at radius 1 is 1.18 bits per heavy atom. The number of benzene rings is 1. The molecule has 0 aliphatic carbocycles. The maximum atomic E-state index is 9.17. The van der Waals surface area contributed by atoms with E-state index < -0.39 is 0 Å². The zero-order valence-corrected chi connectivity index (χ0v) is 10.6. The van der Waals surface area contributed by atoms with E-state index in [0.29, 0.717) is 5.56 Å². The number of anilines is 1. The quantitative estimate of drug-likeness (QED) is 0.749. The molecule has 0 aliphatic rings. The highest BCUT2D eigenvalue weighted by Crippen LogP contribution is 2.26. The molecule has 0 spiro atoms. The van der Waals surface area contributed by atoms with Gasteiger partial charge < -0.3 is 4.90 Å². The van der Waals surface area contributed by atoms with Crippen LogP contribution >= 0.6 is 0 Å². The number of nitrogens with zero attached hydrogens (tertiary/aromatic N) is 3. The Kier molecular flexibility index (Phi) is 2.72. The molecule has 0 bridgehead atoms. The smallest absolute Gasteiger partial charge is 0.146 e. The molecule has 17 heavy (non-hydrogen) atoms. The molecule has 0 unspecified atom stereocenters. The molecule has 0 atom stereocenters. The number of pyridine rings is 1. The molecule has 0 radical (unpaired) electrons. The summed E-state index contributed by atoms with van der Waals surface area (Å²) < 4.78 is 0. The van der Waals surface area contributed by atoms with Crippen molar-refractivity contribution in [2.45, 2.75) is 13.8 Å². The summed E-state index contributed by atoms with van der Waals surface area (Å²) in [6.45, 7) is 4.08. The Hall–Kier alpha value is -2.08. The first-order valence-corrected chi connectivity index (χ1v) is 5.53. The van der Waals surface area contributed by atoms with E-state index in [1.165, 1.54) is 0 Å². The Bertz CT molecular complexity index is 621. The Balaban J connectivity index is 2.89. The molecule has 3 nitrogen and oxygen atoms in total. The molecule has 0 aliphatic heterocycles. The standard InChI is InChI=1S/C14H15N3/c1-9-5-6-10(2)13-12(9)7-11(8-15)14(16-13)17(3)4/h5-7H,1-4H3. The highest BCUT2D eigenvalue weighted by atomic mass is 15.1. The third-order valence-electron chi connectivity index (χ3n) is 2.93. The van der Waals surface area contributed by atoms with Crippen molar-refractivity contribution >= 4 is 16.7 Å². The number of rotatable bonds is 1. The number of aromatic nitrogens is 1. The van der Waals surface area contributed by atoms with E-state index in [2.05, 4.69) is 23.2 Å². The first-order valence-electron chi connectivity index (χ1n) is 5.53. The minimum absolute atomic E-state index is 0.621. The molecule has 0 saturated carbocycles. The monoisotopic (exact) mass is 225 g/mol. The van der Waals surface area contributed by atoms with Gasteiger partial charge in [-0.1, -0.05) is 12.1 Å². The van der Waals surface area contributed by atoms with Crippen molar-refractivity contribution in [2.75, 3.05) is 19.0 Å². The average Bonchev–Trinajstić information content (AvgIpc) is 2.32. The second-order valence-electron chi connectivity index (χ2n) is 4.46.